The Hall–Kier alpha value is -2.00. The Morgan fingerprint density at radius 3 is 1.76 bits per heavy atom. The van der Waals surface area contributed by atoms with Gasteiger partial charge in [0.1, 0.15) is 0 Å². The molecule has 2 N–H and O–H groups in total. The molecule has 0 fully saturated rings. The lowest BCUT2D eigenvalue weighted by Gasteiger charge is -2.54. The van der Waals surface area contributed by atoms with E-state index in [4.69, 9.17) is 5.11 Å². The molecule has 5 nitrogen and oxygen atoms in total. The number of carboxylic acid groups (broad SMARTS) is 2. The number of benzene rings is 1. The minimum atomic E-state index is -0.787. The van der Waals surface area contributed by atoms with E-state index in [2.05, 4.69) is 65.4 Å². The van der Waals surface area contributed by atoms with Gasteiger partial charge in [0.2, 0.25) is 0 Å². The maximum Gasteiger partial charge on any atom is 0.307 e. The molecule has 6 heteroatoms. The highest BCUT2D eigenvalue weighted by molar-refractivity contribution is 7.80. The zero-order chi connectivity index (χ0) is 26.2. The molecule has 0 aliphatic heterocycles. The summed E-state index contributed by atoms with van der Waals surface area (Å²) in [4.78, 5) is 21.7. The van der Waals surface area contributed by atoms with E-state index in [1.165, 1.54) is 5.56 Å². The van der Waals surface area contributed by atoms with Crippen LogP contribution in [0.2, 0.25) is 0 Å². The zero-order valence-corrected chi connectivity index (χ0v) is 22.6. The number of thiol groups is 1. The Kier molecular flexibility index (Phi) is 11.7. The van der Waals surface area contributed by atoms with Gasteiger partial charge in [0.05, 0.1) is 23.8 Å². The second-order valence-corrected chi connectivity index (χ2v) is 11.3. The maximum atomic E-state index is 12.2. The van der Waals surface area contributed by atoms with Crippen molar-refractivity contribution in [1.29, 1.82) is 5.26 Å². The quantitative estimate of drug-likeness (QED) is 0.324. The predicted octanol–water partition coefficient (Wildman–Crippen LogP) is 6.76. The predicted molar refractivity (Wildman–Crippen MR) is 137 cm³/mol. The molecule has 0 amide bonds. The lowest BCUT2D eigenvalue weighted by atomic mass is 9.49. The van der Waals surface area contributed by atoms with Crippen LogP contribution in [0.3, 0.4) is 0 Å². The minimum Gasteiger partial charge on any atom is -0.481 e. The molecule has 0 bridgehead atoms. The van der Waals surface area contributed by atoms with Gasteiger partial charge in [0.25, 0.3) is 0 Å². The first-order valence-corrected chi connectivity index (χ1v) is 12.1. The Bertz CT molecular complexity index is 809. The Morgan fingerprint density at radius 1 is 0.970 bits per heavy atom. The summed E-state index contributed by atoms with van der Waals surface area (Å²) in [6, 6.07) is 12.7. The average Bonchev–Trinajstić information content (AvgIpc) is 2.68. The number of nitriles is 1. The van der Waals surface area contributed by atoms with Crippen LogP contribution in [0.25, 0.3) is 0 Å². The number of carboxylic acids is 2. The smallest absolute Gasteiger partial charge is 0.307 e. The molecule has 0 aliphatic carbocycles. The molecule has 0 aliphatic rings. The molecule has 0 radical (unpaired) electrons. The first-order valence-electron chi connectivity index (χ1n) is 11.5. The van der Waals surface area contributed by atoms with Crippen LogP contribution in [0.5, 0.6) is 0 Å². The molecule has 1 aromatic rings. The van der Waals surface area contributed by atoms with Crippen molar-refractivity contribution in [3.63, 3.8) is 0 Å². The Balaban J connectivity index is 0.00000150. The lowest BCUT2D eigenvalue weighted by molar-refractivity contribution is -0.154. The molecule has 0 heterocycles. The second kappa shape index (κ2) is 12.5. The summed E-state index contributed by atoms with van der Waals surface area (Å²) in [7, 11) is 0. The molecule has 0 spiro atoms. The Morgan fingerprint density at radius 2 is 1.45 bits per heavy atom. The summed E-state index contributed by atoms with van der Waals surface area (Å²) < 4.78 is 0. The van der Waals surface area contributed by atoms with Crippen molar-refractivity contribution in [3.05, 3.63) is 35.9 Å². The summed E-state index contributed by atoms with van der Waals surface area (Å²) in [6.07, 6.45) is 0.156. The van der Waals surface area contributed by atoms with E-state index in [1.54, 1.807) is 0 Å². The van der Waals surface area contributed by atoms with Crippen LogP contribution in [0, 0.1) is 45.3 Å². The SMILES string of the molecule is CC(C)C(C(=O)O)C(C)(C)C(C)(C)C(c1ccccc1)C(C)C(C)(C)C#N.O=C(O)CCS. The van der Waals surface area contributed by atoms with Gasteiger partial charge in [-0.15, -0.1) is 0 Å². The number of aliphatic carboxylic acids is 2. The van der Waals surface area contributed by atoms with Crippen molar-refractivity contribution in [2.24, 2.45) is 34.0 Å². The maximum absolute atomic E-state index is 12.2. The molecule has 0 saturated carbocycles. The van der Waals surface area contributed by atoms with Crippen molar-refractivity contribution in [2.75, 3.05) is 5.75 Å². The third-order valence-electron chi connectivity index (χ3n) is 7.56. The highest BCUT2D eigenvalue weighted by Crippen LogP contribution is 2.58. The largest absolute Gasteiger partial charge is 0.481 e. The summed E-state index contributed by atoms with van der Waals surface area (Å²) >= 11 is 3.68. The number of nitrogens with zero attached hydrogens (tertiary/aromatic N) is 1. The number of carbonyl (C=O) groups is 2. The third kappa shape index (κ3) is 7.78. The molecule has 1 aromatic carbocycles. The normalized spacial score (nSPS) is 15.0. The number of hydrogen-bond acceptors (Lipinski definition) is 4. The molecular formula is C27H43NO4S. The van der Waals surface area contributed by atoms with Gasteiger partial charge in [-0.2, -0.15) is 17.9 Å². The minimum absolute atomic E-state index is 0.0208. The highest BCUT2D eigenvalue weighted by Gasteiger charge is 2.54. The fourth-order valence-corrected chi connectivity index (χ4v) is 5.02. The van der Waals surface area contributed by atoms with Crippen molar-refractivity contribution in [1.82, 2.24) is 0 Å². The van der Waals surface area contributed by atoms with E-state index in [1.807, 2.05) is 45.9 Å². The third-order valence-corrected chi connectivity index (χ3v) is 7.78. The van der Waals surface area contributed by atoms with E-state index in [0.29, 0.717) is 5.75 Å². The Labute approximate surface area is 206 Å². The van der Waals surface area contributed by atoms with Crippen LogP contribution in [-0.4, -0.2) is 27.9 Å². The standard InChI is InChI=1S/C24H37NO2.C3H6O2S/c1-16(2)19(21(26)27)23(6,7)24(8,9)20(17(3)22(4,5)15-25)18-13-11-10-12-14-18;4-3(5)1-2-6/h10-14,16-17,19-20H,1-9H3,(H,26,27);6H,1-2H2,(H,4,5). The van der Waals surface area contributed by atoms with E-state index in [0.717, 1.165) is 0 Å². The molecular weight excluding hydrogens is 434 g/mol. The zero-order valence-electron chi connectivity index (χ0n) is 21.7. The monoisotopic (exact) mass is 477 g/mol. The first kappa shape index (κ1) is 31.0. The van der Waals surface area contributed by atoms with Crippen molar-refractivity contribution < 1.29 is 19.8 Å². The van der Waals surface area contributed by atoms with Gasteiger partial charge in [-0.1, -0.05) is 78.8 Å². The molecule has 186 valence electrons. The highest BCUT2D eigenvalue weighted by atomic mass is 32.1. The van der Waals surface area contributed by atoms with E-state index >= 15 is 0 Å². The van der Waals surface area contributed by atoms with Crippen LogP contribution < -0.4 is 0 Å². The van der Waals surface area contributed by atoms with Crippen LogP contribution in [0.15, 0.2) is 30.3 Å². The van der Waals surface area contributed by atoms with Gasteiger partial charge in [0.15, 0.2) is 0 Å². The summed E-state index contributed by atoms with van der Waals surface area (Å²) in [5.41, 5.74) is -0.188. The van der Waals surface area contributed by atoms with E-state index in [-0.39, 0.29) is 29.6 Å². The van der Waals surface area contributed by atoms with Crippen LogP contribution >= 0.6 is 12.6 Å². The first-order chi connectivity index (χ1) is 15.0. The van der Waals surface area contributed by atoms with E-state index < -0.39 is 28.7 Å². The molecule has 0 saturated heterocycles. The average molecular weight is 478 g/mol. The van der Waals surface area contributed by atoms with Crippen LogP contribution in [0.1, 0.15) is 80.2 Å². The van der Waals surface area contributed by atoms with Gasteiger partial charge in [0, 0.05) is 5.75 Å². The van der Waals surface area contributed by atoms with Crippen LogP contribution in [0.4, 0.5) is 0 Å². The topological polar surface area (TPSA) is 98.4 Å². The molecule has 0 aromatic heterocycles. The van der Waals surface area contributed by atoms with Gasteiger partial charge in [-0.25, -0.2) is 0 Å². The second-order valence-electron chi connectivity index (χ2n) is 10.9. The summed E-state index contributed by atoms with van der Waals surface area (Å²) in [5, 5.41) is 27.6. The van der Waals surface area contributed by atoms with Crippen LogP contribution in [-0.2, 0) is 9.59 Å². The summed E-state index contributed by atoms with van der Waals surface area (Å²) in [6.45, 7) is 18.6. The van der Waals surface area contributed by atoms with Crippen molar-refractivity contribution in [2.45, 2.75) is 74.7 Å². The molecule has 3 atom stereocenters. The molecule has 3 unspecified atom stereocenters. The lowest BCUT2D eigenvalue weighted by Crippen LogP contribution is -2.50. The van der Waals surface area contributed by atoms with Gasteiger partial charge in [-0.3, -0.25) is 9.59 Å². The molecule has 33 heavy (non-hydrogen) atoms. The molecule has 1 rings (SSSR count). The van der Waals surface area contributed by atoms with Gasteiger partial charge >= 0.3 is 11.9 Å². The van der Waals surface area contributed by atoms with Crippen molar-refractivity contribution >= 4 is 24.6 Å². The fraction of sp³-hybridized carbons (Fsp3) is 0.667. The fourth-order valence-electron chi connectivity index (χ4n) is 4.83. The summed E-state index contributed by atoms with van der Waals surface area (Å²) in [5.74, 6) is -1.46. The van der Waals surface area contributed by atoms with E-state index in [9.17, 15) is 20.0 Å². The van der Waals surface area contributed by atoms with Gasteiger partial charge in [-0.05, 0) is 48.0 Å². The number of hydrogen-bond donors (Lipinski definition) is 3. The number of rotatable bonds is 10. The van der Waals surface area contributed by atoms with Gasteiger partial charge < -0.3 is 10.2 Å². The van der Waals surface area contributed by atoms with Crippen molar-refractivity contribution in [3.8, 4) is 6.07 Å².